The van der Waals surface area contributed by atoms with Gasteiger partial charge in [-0.05, 0) is 32.9 Å². The molecule has 0 saturated carbocycles. The predicted molar refractivity (Wildman–Crippen MR) is 121 cm³/mol. The number of aliphatic hydroxyl groups excluding tert-OH is 1. The molecule has 2 heterocycles. The quantitative estimate of drug-likeness (QED) is 0.310. The molecule has 14 heteroatoms. The first-order chi connectivity index (χ1) is 16.9. The molecule has 1 aromatic heterocycles. The number of benzene rings is 1. The molecule has 0 bridgehead atoms. The zero-order valence-electron chi connectivity index (χ0n) is 20.1. The van der Waals surface area contributed by atoms with Crippen molar-refractivity contribution in [1.82, 2.24) is 14.6 Å². The van der Waals surface area contributed by atoms with E-state index in [0.29, 0.717) is 4.57 Å². The number of esters is 1. The number of rotatable bonds is 10. The molecule has 1 aliphatic heterocycles. The fourth-order valence-electron chi connectivity index (χ4n) is 3.09. The Labute approximate surface area is 201 Å². The minimum absolute atomic E-state index is 0.0684. The van der Waals surface area contributed by atoms with Crippen LogP contribution in [0, 0.1) is 0 Å². The Hall–Kier alpha value is -2.83. The predicted octanol–water partition coefficient (Wildman–Crippen LogP) is 1.27. The van der Waals surface area contributed by atoms with Crippen LogP contribution in [0.15, 0.2) is 52.2 Å². The Morgan fingerprint density at radius 3 is 2.63 bits per heavy atom. The Morgan fingerprint density at radius 2 is 2.00 bits per heavy atom. The average Bonchev–Trinajstić information content (AvgIpc) is 3.08. The van der Waals surface area contributed by atoms with Crippen LogP contribution in [0.5, 0.6) is 5.75 Å². The number of aromatic nitrogens is 2. The Balaban J connectivity index is 1.82. The number of aromatic amines is 1. The van der Waals surface area contributed by atoms with Crippen LogP contribution < -0.4 is 20.9 Å². The van der Waals surface area contributed by atoms with Crippen LogP contribution in [0.2, 0.25) is 0 Å². The Kier molecular flexibility index (Phi) is 8.14. The number of halogens is 1. The largest absolute Gasteiger partial charge is 0.462 e. The summed E-state index contributed by atoms with van der Waals surface area (Å²) in [5, 5.41) is 12.7. The number of hydrogen-bond donors (Lipinski definition) is 3. The molecule has 0 radical (unpaired) electrons. The van der Waals surface area contributed by atoms with Crippen LogP contribution in [0.4, 0.5) is 4.39 Å². The highest BCUT2D eigenvalue weighted by atomic mass is 31.2. The van der Waals surface area contributed by atoms with Gasteiger partial charge in [0.15, 0.2) is 12.4 Å². The normalized spacial score (nSPS) is 25.9. The number of carbonyl (C=O) groups excluding carboxylic acids is 1. The SMILES string of the molecule is [2H]C(O[P@@](=O)(N[C@@H](C)C(=O)OC(C)C)Oc1ccccc1)[C@H]1O[C@@H](n2ccc(=O)[nH]c2=O)[C@H](F)[C@@H]1O. The Morgan fingerprint density at radius 1 is 1.31 bits per heavy atom. The van der Waals surface area contributed by atoms with Crippen LogP contribution in [-0.2, 0) is 23.4 Å². The van der Waals surface area contributed by atoms with Crippen molar-refractivity contribution in [2.24, 2.45) is 0 Å². The standard InChI is InChI=1S/C21H27FN3O9P/c1-12(2)32-20(28)13(3)24-35(30,34-14-7-5-4-6-8-14)31-11-15-18(27)17(22)19(33-15)25-10-9-16(26)23-21(25)29/h4-10,12-13,15,17-19,27H,11H2,1-3H3,(H,24,30)(H,23,26,29)/t13-,15+,17+,18+,19+,35-/m0/s1/i11D/t11?,13-,15+,17+,18+,19+,35-. The number of hydrogen-bond acceptors (Lipinski definition) is 9. The lowest BCUT2D eigenvalue weighted by Gasteiger charge is -2.25. The third kappa shape index (κ3) is 6.86. The van der Waals surface area contributed by atoms with Crippen molar-refractivity contribution >= 4 is 13.7 Å². The van der Waals surface area contributed by atoms with Crippen molar-refractivity contribution in [3.8, 4) is 5.75 Å². The van der Waals surface area contributed by atoms with Gasteiger partial charge in [-0.15, -0.1) is 0 Å². The average molecular weight is 516 g/mol. The van der Waals surface area contributed by atoms with Crippen molar-refractivity contribution < 1.29 is 38.7 Å². The van der Waals surface area contributed by atoms with Crippen LogP contribution >= 0.6 is 7.75 Å². The van der Waals surface area contributed by atoms with Gasteiger partial charge in [0.25, 0.3) is 5.56 Å². The van der Waals surface area contributed by atoms with E-state index in [2.05, 4.69) is 5.09 Å². The number of nitrogens with zero attached hydrogens (tertiary/aromatic N) is 1. The van der Waals surface area contributed by atoms with Gasteiger partial charge in [-0.2, -0.15) is 5.09 Å². The maximum atomic E-state index is 14.8. The maximum Gasteiger partial charge on any atom is 0.459 e. The molecular formula is C21H27FN3O9P. The van der Waals surface area contributed by atoms with Crippen LogP contribution in [0.1, 0.15) is 28.4 Å². The Bertz CT molecular complexity index is 1210. The lowest BCUT2D eigenvalue weighted by molar-refractivity contribution is -0.149. The van der Waals surface area contributed by atoms with Crippen molar-refractivity contribution in [1.29, 1.82) is 0 Å². The van der Waals surface area contributed by atoms with E-state index in [4.69, 9.17) is 19.9 Å². The zero-order valence-corrected chi connectivity index (χ0v) is 20.0. The van der Waals surface area contributed by atoms with Gasteiger partial charge >= 0.3 is 19.4 Å². The van der Waals surface area contributed by atoms with E-state index in [1.807, 2.05) is 4.98 Å². The summed E-state index contributed by atoms with van der Waals surface area (Å²) in [5.41, 5.74) is -1.72. The summed E-state index contributed by atoms with van der Waals surface area (Å²) in [5.74, 6) is -0.704. The zero-order chi connectivity index (χ0) is 26.6. The first kappa shape index (κ1) is 25.3. The molecule has 0 amide bonds. The minimum atomic E-state index is -4.53. The van der Waals surface area contributed by atoms with Gasteiger partial charge in [0.1, 0.15) is 24.0 Å². The van der Waals surface area contributed by atoms with E-state index in [1.54, 1.807) is 32.0 Å². The van der Waals surface area contributed by atoms with Gasteiger partial charge in [0.05, 0.1) is 14.1 Å². The summed E-state index contributed by atoms with van der Waals surface area (Å²) in [6.07, 6.45) is -7.08. The number of nitrogens with one attached hydrogen (secondary N) is 2. The van der Waals surface area contributed by atoms with E-state index in [0.717, 1.165) is 12.3 Å². The smallest absolute Gasteiger partial charge is 0.459 e. The number of carbonyl (C=O) groups is 1. The minimum Gasteiger partial charge on any atom is -0.462 e. The molecule has 0 aliphatic carbocycles. The van der Waals surface area contributed by atoms with Gasteiger partial charge < -0.3 is 19.1 Å². The molecule has 192 valence electrons. The maximum absolute atomic E-state index is 14.8. The van der Waals surface area contributed by atoms with Crippen molar-refractivity contribution in [3.63, 3.8) is 0 Å². The number of H-pyrrole nitrogens is 1. The summed E-state index contributed by atoms with van der Waals surface area (Å²) in [7, 11) is -4.53. The highest BCUT2D eigenvalue weighted by molar-refractivity contribution is 7.52. The third-order valence-electron chi connectivity index (χ3n) is 4.72. The molecule has 12 nitrogen and oxygen atoms in total. The second kappa shape index (κ2) is 11.3. The van der Waals surface area contributed by atoms with Gasteiger partial charge in [0.2, 0.25) is 0 Å². The first-order valence-corrected chi connectivity index (χ1v) is 12.2. The second-order valence-electron chi connectivity index (χ2n) is 7.92. The molecule has 3 N–H and O–H groups in total. The lowest BCUT2D eigenvalue weighted by Crippen LogP contribution is -2.37. The summed E-state index contributed by atoms with van der Waals surface area (Å²) >= 11 is 0. The van der Waals surface area contributed by atoms with Gasteiger partial charge in [-0.25, -0.2) is 13.8 Å². The topological polar surface area (TPSA) is 158 Å². The molecule has 1 unspecified atom stereocenters. The monoisotopic (exact) mass is 516 g/mol. The highest BCUT2D eigenvalue weighted by Crippen LogP contribution is 2.46. The molecular weight excluding hydrogens is 488 g/mol. The van der Waals surface area contributed by atoms with E-state index < -0.39 is 68.3 Å². The van der Waals surface area contributed by atoms with E-state index in [1.165, 1.54) is 19.1 Å². The van der Waals surface area contributed by atoms with Gasteiger partial charge in [-0.1, -0.05) is 18.2 Å². The van der Waals surface area contributed by atoms with Gasteiger partial charge in [0, 0.05) is 12.3 Å². The number of alkyl halides is 1. The molecule has 1 fully saturated rings. The third-order valence-corrected chi connectivity index (χ3v) is 6.27. The molecule has 1 aliphatic rings. The molecule has 35 heavy (non-hydrogen) atoms. The molecule has 3 rings (SSSR count). The summed E-state index contributed by atoms with van der Waals surface area (Å²) < 4.78 is 58.6. The van der Waals surface area contributed by atoms with E-state index in [-0.39, 0.29) is 5.75 Å². The van der Waals surface area contributed by atoms with Crippen LogP contribution in [0.3, 0.4) is 0 Å². The number of ether oxygens (including phenoxy) is 2. The molecule has 1 saturated heterocycles. The van der Waals surface area contributed by atoms with Gasteiger partial charge in [-0.3, -0.25) is 23.7 Å². The molecule has 2 aromatic rings. The molecule has 0 spiro atoms. The molecule has 1 aromatic carbocycles. The fraction of sp³-hybridized carbons (Fsp3) is 0.476. The highest BCUT2D eigenvalue weighted by Gasteiger charge is 2.47. The summed E-state index contributed by atoms with van der Waals surface area (Å²) in [6.45, 7) is 2.58. The van der Waals surface area contributed by atoms with E-state index in [9.17, 15) is 28.4 Å². The van der Waals surface area contributed by atoms with Crippen molar-refractivity contribution in [2.45, 2.75) is 57.5 Å². The number of para-hydroxylation sites is 1. The fourth-order valence-corrected chi connectivity index (χ4v) is 4.50. The molecule has 7 atom stereocenters. The van der Waals surface area contributed by atoms with Crippen molar-refractivity contribution in [2.75, 3.05) is 6.58 Å². The first-order valence-electron chi connectivity index (χ1n) is 11.2. The summed E-state index contributed by atoms with van der Waals surface area (Å²) in [6, 6.07) is 7.48. The lowest BCUT2D eigenvalue weighted by atomic mass is 10.1. The summed E-state index contributed by atoms with van der Waals surface area (Å²) in [4.78, 5) is 37.5. The number of aliphatic hydroxyl groups is 1. The second-order valence-corrected chi connectivity index (χ2v) is 9.57. The van der Waals surface area contributed by atoms with E-state index >= 15 is 0 Å². The van der Waals surface area contributed by atoms with Crippen molar-refractivity contribution in [3.05, 3.63) is 63.4 Å². The van der Waals surface area contributed by atoms with Crippen LogP contribution in [-0.4, -0.2) is 57.7 Å². The van der Waals surface area contributed by atoms with Crippen LogP contribution in [0.25, 0.3) is 0 Å².